The van der Waals surface area contributed by atoms with Crippen LogP contribution in [-0.2, 0) is 0 Å². The fourth-order valence-corrected chi connectivity index (χ4v) is 3.63. The van der Waals surface area contributed by atoms with Crippen molar-refractivity contribution in [3.05, 3.63) is 34.8 Å². The van der Waals surface area contributed by atoms with E-state index in [0.29, 0.717) is 0 Å². The van der Waals surface area contributed by atoms with Crippen LogP contribution in [0.15, 0.2) is 27.9 Å². The fraction of sp³-hybridized carbons (Fsp3) is 0.357. The van der Waals surface area contributed by atoms with Crippen molar-refractivity contribution in [3.8, 4) is 11.5 Å². The number of hydrogen-bond acceptors (Lipinski definition) is 6. The number of ether oxygens (including phenoxy) is 2. The molecule has 0 aliphatic heterocycles. The summed E-state index contributed by atoms with van der Waals surface area (Å²) < 4.78 is 11.6. The van der Waals surface area contributed by atoms with Gasteiger partial charge in [-0.2, -0.15) is 0 Å². The lowest BCUT2D eigenvalue weighted by atomic mass is 10.1. The molecule has 0 amide bonds. The van der Waals surface area contributed by atoms with Crippen molar-refractivity contribution in [2.45, 2.75) is 17.3 Å². The van der Waals surface area contributed by atoms with Crippen LogP contribution >= 0.6 is 23.1 Å². The molecule has 0 saturated carbocycles. The molecule has 0 spiro atoms. The normalized spacial score (nSPS) is 12.2. The smallest absolute Gasteiger partial charge is 0.150 e. The maximum atomic E-state index is 6.27. The van der Waals surface area contributed by atoms with Gasteiger partial charge in [-0.05, 0) is 25.1 Å². The van der Waals surface area contributed by atoms with Gasteiger partial charge in [-0.25, -0.2) is 4.98 Å². The third kappa shape index (κ3) is 3.65. The first kappa shape index (κ1) is 15.2. The Bertz CT molecular complexity index is 572. The van der Waals surface area contributed by atoms with Crippen molar-refractivity contribution >= 4 is 23.1 Å². The Morgan fingerprint density at radius 1 is 1.35 bits per heavy atom. The molecule has 1 aromatic heterocycles. The van der Waals surface area contributed by atoms with E-state index in [9.17, 15) is 0 Å². The van der Waals surface area contributed by atoms with Gasteiger partial charge in [-0.15, -0.1) is 11.3 Å². The molecule has 1 unspecified atom stereocenters. The summed E-state index contributed by atoms with van der Waals surface area (Å²) in [6.45, 7) is 1.99. The van der Waals surface area contributed by atoms with E-state index in [1.165, 1.54) is 0 Å². The van der Waals surface area contributed by atoms with Crippen LogP contribution in [0.2, 0.25) is 0 Å². The van der Waals surface area contributed by atoms with E-state index in [1.807, 2.05) is 30.5 Å². The minimum atomic E-state index is -0.130. The van der Waals surface area contributed by atoms with Gasteiger partial charge < -0.3 is 15.2 Å². The largest absolute Gasteiger partial charge is 0.497 e. The Labute approximate surface area is 127 Å². The highest BCUT2D eigenvalue weighted by atomic mass is 32.2. The molecule has 1 heterocycles. The number of methoxy groups -OCH3 is 2. The van der Waals surface area contributed by atoms with Crippen LogP contribution < -0.4 is 15.2 Å². The summed E-state index contributed by atoms with van der Waals surface area (Å²) >= 11 is 3.31. The Morgan fingerprint density at radius 3 is 2.75 bits per heavy atom. The number of nitrogens with two attached hydrogens (primary N) is 1. The predicted octanol–water partition coefficient (Wildman–Crippen LogP) is 3.26. The first-order chi connectivity index (χ1) is 9.63. The zero-order valence-corrected chi connectivity index (χ0v) is 13.4. The lowest BCUT2D eigenvalue weighted by Gasteiger charge is -2.16. The van der Waals surface area contributed by atoms with Crippen molar-refractivity contribution in [1.82, 2.24) is 4.98 Å². The van der Waals surface area contributed by atoms with E-state index in [1.54, 1.807) is 37.3 Å². The Kier molecular flexibility index (Phi) is 5.28. The molecule has 1 atom stereocenters. The van der Waals surface area contributed by atoms with Crippen LogP contribution in [0.3, 0.4) is 0 Å². The van der Waals surface area contributed by atoms with Crippen LogP contribution in [0, 0.1) is 6.92 Å². The predicted molar refractivity (Wildman–Crippen MR) is 84.0 cm³/mol. The molecule has 0 bridgehead atoms. The van der Waals surface area contributed by atoms with Crippen LogP contribution in [0.5, 0.6) is 11.5 Å². The second kappa shape index (κ2) is 6.97. The molecule has 0 fully saturated rings. The Hall–Kier alpha value is -1.24. The molecule has 2 N–H and O–H groups in total. The highest BCUT2D eigenvalue weighted by molar-refractivity contribution is 8.01. The van der Waals surface area contributed by atoms with Gasteiger partial charge in [-0.3, -0.25) is 0 Å². The summed E-state index contributed by atoms with van der Waals surface area (Å²) in [6, 6.07) is 5.55. The van der Waals surface area contributed by atoms with Crippen molar-refractivity contribution in [2.75, 3.05) is 20.0 Å². The topological polar surface area (TPSA) is 57.4 Å². The summed E-state index contributed by atoms with van der Waals surface area (Å²) in [5.74, 6) is 2.32. The van der Waals surface area contributed by atoms with Gasteiger partial charge in [0.2, 0.25) is 0 Å². The molecule has 6 heteroatoms. The number of aromatic nitrogens is 1. The molecule has 2 rings (SSSR count). The van der Waals surface area contributed by atoms with Crippen molar-refractivity contribution in [1.29, 1.82) is 0 Å². The van der Waals surface area contributed by atoms with E-state index < -0.39 is 0 Å². The average Bonchev–Trinajstić information content (AvgIpc) is 2.89. The second-order valence-corrected chi connectivity index (χ2v) is 6.41. The molecule has 1 aromatic carbocycles. The quantitative estimate of drug-likeness (QED) is 0.830. The SMILES string of the molecule is COc1ccc(OC)c(C(N)CSc2nc(C)cs2)c1. The molecule has 0 radical (unpaired) electrons. The minimum Gasteiger partial charge on any atom is -0.497 e. The van der Waals surface area contributed by atoms with E-state index in [4.69, 9.17) is 15.2 Å². The molecule has 0 saturated heterocycles. The lowest BCUT2D eigenvalue weighted by Crippen LogP contribution is -2.14. The van der Waals surface area contributed by atoms with Crippen LogP contribution in [0.25, 0.3) is 0 Å². The number of nitrogens with zero attached hydrogens (tertiary/aromatic N) is 1. The van der Waals surface area contributed by atoms with Crippen molar-refractivity contribution in [3.63, 3.8) is 0 Å². The number of aryl methyl sites for hydroxylation is 1. The van der Waals surface area contributed by atoms with Gasteiger partial charge in [0, 0.05) is 28.4 Å². The van der Waals surface area contributed by atoms with Crippen LogP contribution in [-0.4, -0.2) is 25.0 Å². The van der Waals surface area contributed by atoms with Gasteiger partial charge >= 0.3 is 0 Å². The first-order valence-corrected chi connectivity index (χ1v) is 8.03. The lowest BCUT2D eigenvalue weighted by molar-refractivity contribution is 0.396. The van der Waals surface area contributed by atoms with Gasteiger partial charge in [-0.1, -0.05) is 11.8 Å². The van der Waals surface area contributed by atoms with E-state index >= 15 is 0 Å². The maximum absolute atomic E-state index is 6.27. The fourth-order valence-electron chi connectivity index (χ4n) is 1.78. The standard InChI is InChI=1S/C14H18N2O2S2/c1-9-7-19-14(16-9)20-8-12(15)11-6-10(17-2)4-5-13(11)18-3/h4-7,12H,8,15H2,1-3H3. The van der Waals surface area contributed by atoms with Gasteiger partial charge in [0.1, 0.15) is 15.8 Å². The molecule has 4 nitrogen and oxygen atoms in total. The molecular weight excluding hydrogens is 292 g/mol. The van der Waals surface area contributed by atoms with Crippen molar-refractivity contribution < 1.29 is 9.47 Å². The molecular formula is C14H18N2O2S2. The van der Waals surface area contributed by atoms with E-state index in [-0.39, 0.29) is 6.04 Å². The Balaban J connectivity index is 2.09. The number of benzene rings is 1. The molecule has 0 aliphatic carbocycles. The van der Waals surface area contributed by atoms with Crippen LogP contribution in [0.1, 0.15) is 17.3 Å². The van der Waals surface area contributed by atoms with Crippen molar-refractivity contribution in [2.24, 2.45) is 5.73 Å². The monoisotopic (exact) mass is 310 g/mol. The zero-order chi connectivity index (χ0) is 14.5. The Morgan fingerprint density at radius 2 is 2.15 bits per heavy atom. The second-order valence-electron chi connectivity index (χ2n) is 4.28. The highest BCUT2D eigenvalue weighted by Crippen LogP contribution is 2.32. The van der Waals surface area contributed by atoms with E-state index in [0.717, 1.165) is 32.8 Å². The van der Waals surface area contributed by atoms with Gasteiger partial charge in [0.05, 0.1) is 14.2 Å². The zero-order valence-electron chi connectivity index (χ0n) is 11.8. The third-order valence-corrected chi connectivity index (χ3v) is 5.08. The summed E-state index contributed by atoms with van der Waals surface area (Å²) in [5, 5.41) is 2.04. The summed E-state index contributed by atoms with van der Waals surface area (Å²) in [7, 11) is 3.29. The van der Waals surface area contributed by atoms with E-state index in [2.05, 4.69) is 4.98 Å². The average molecular weight is 310 g/mol. The summed E-state index contributed by atoms with van der Waals surface area (Å²) in [5.41, 5.74) is 8.27. The minimum absolute atomic E-state index is 0.130. The summed E-state index contributed by atoms with van der Waals surface area (Å²) in [4.78, 5) is 4.42. The maximum Gasteiger partial charge on any atom is 0.150 e. The van der Waals surface area contributed by atoms with Crippen LogP contribution in [0.4, 0.5) is 0 Å². The third-order valence-electron chi connectivity index (χ3n) is 2.82. The summed E-state index contributed by atoms with van der Waals surface area (Å²) in [6.07, 6.45) is 0. The molecule has 20 heavy (non-hydrogen) atoms. The number of thioether (sulfide) groups is 1. The molecule has 2 aromatic rings. The number of thiazole rings is 1. The number of rotatable bonds is 6. The van der Waals surface area contributed by atoms with Gasteiger partial charge in [0.15, 0.2) is 0 Å². The molecule has 108 valence electrons. The first-order valence-electron chi connectivity index (χ1n) is 6.16. The highest BCUT2D eigenvalue weighted by Gasteiger charge is 2.14. The number of hydrogen-bond donors (Lipinski definition) is 1. The van der Waals surface area contributed by atoms with Gasteiger partial charge in [0.25, 0.3) is 0 Å². The molecule has 0 aliphatic rings.